The van der Waals surface area contributed by atoms with Crippen molar-refractivity contribution in [2.24, 2.45) is 5.92 Å². The second-order valence-electron chi connectivity index (χ2n) is 7.67. The molecule has 1 N–H and O–H groups in total. The molecule has 1 saturated heterocycles. The van der Waals surface area contributed by atoms with Crippen molar-refractivity contribution in [2.75, 3.05) is 25.5 Å². The van der Waals surface area contributed by atoms with Gasteiger partial charge in [0.1, 0.15) is 5.75 Å². The molecule has 3 rings (SSSR count). The first-order valence-electron chi connectivity index (χ1n) is 9.87. The summed E-state index contributed by atoms with van der Waals surface area (Å²) in [6, 6.07) is 15.1. The molecule has 8 heteroatoms. The monoisotopic (exact) mass is 421 g/mol. The van der Waals surface area contributed by atoms with Gasteiger partial charge in [0, 0.05) is 31.9 Å². The summed E-state index contributed by atoms with van der Waals surface area (Å²) in [6.45, 7) is 4.71. The number of likely N-dealkylation sites (tertiary alicyclic amines) is 1. The number of nitrogens with zero attached hydrogens (tertiary/aromatic N) is 2. The number of rotatable bonds is 5. The number of likely N-dealkylation sites (N-methyl/N-ethyl adjacent to an activating group) is 1. The number of carbonyl (C=O) groups excluding carboxylic acids is 1. The lowest BCUT2D eigenvalue weighted by Gasteiger charge is -2.41. The van der Waals surface area contributed by atoms with Crippen LogP contribution < -0.4 is 10.1 Å². The summed E-state index contributed by atoms with van der Waals surface area (Å²) in [5, 5.41) is 2.75. The van der Waals surface area contributed by atoms with Gasteiger partial charge in [-0.15, -0.1) is 13.2 Å². The van der Waals surface area contributed by atoms with Crippen molar-refractivity contribution >= 4 is 11.7 Å². The van der Waals surface area contributed by atoms with Crippen LogP contribution in [0.2, 0.25) is 0 Å². The number of urea groups is 1. The molecule has 162 valence electrons. The number of carbonyl (C=O) groups is 1. The van der Waals surface area contributed by atoms with E-state index in [2.05, 4.69) is 34.0 Å². The zero-order valence-corrected chi connectivity index (χ0v) is 17.0. The molecule has 1 aliphatic heterocycles. The van der Waals surface area contributed by atoms with E-state index in [1.807, 2.05) is 18.2 Å². The molecule has 1 fully saturated rings. The van der Waals surface area contributed by atoms with E-state index in [-0.39, 0.29) is 17.8 Å². The van der Waals surface area contributed by atoms with Gasteiger partial charge >= 0.3 is 12.4 Å². The Bertz CT molecular complexity index is 828. The molecule has 2 atom stereocenters. The number of nitrogens with one attached hydrogen (secondary N) is 1. The Labute approximate surface area is 174 Å². The normalized spacial score (nSPS) is 19.9. The maximum Gasteiger partial charge on any atom is 0.573 e. The molecule has 2 amide bonds. The Kier molecular flexibility index (Phi) is 6.87. The third-order valence-electron chi connectivity index (χ3n) is 5.41. The highest BCUT2D eigenvalue weighted by molar-refractivity contribution is 5.89. The lowest BCUT2D eigenvalue weighted by Crippen LogP contribution is -2.53. The van der Waals surface area contributed by atoms with Crippen molar-refractivity contribution in [3.63, 3.8) is 0 Å². The van der Waals surface area contributed by atoms with Crippen LogP contribution >= 0.6 is 0 Å². The van der Waals surface area contributed by atoms with Crippen molar-refractivity contribution < 1.29 is 22.7 Å². The standard InChI is InChI=1S/C22H26F3N3O2/c1-16-12-13-28(14-17-6-4-3-5-7-17)15-20(16)27(2)21(29)26-18-8-10-19(11-9-18)30-22(23,24)25/h3-11,16,20H,12-15H2,1-2H3,(H,26,29)/t16-,20+/m1/s1. The van der Waals surface area contributed by atoms with Gasteiger partial charge in [0.05, 0.1) is 0 Å². The molecule has 1 aliphatic rings. The molecule has 0 spiro atoms. The lowest BCUT2D eigenvalue weighted by molar-refractivity contribution is -0.274. The van der Waals surface area contributed by atoms with Gasteiger partial charge in [0.25, 0.3) is 0 Å². The van der Waals surface area contributed by atoms with Crippen LogP contribution in [0, 0.1) is 5.92 Å². The van der Waals surface area contributed by atoms with Gasteiger partial charge in [-0.2, -0.15) is 0 Å². The average Bonchev–Trinajstić information content (AvgIpc) is 2.70. The Morgan fingerprint density at radius 3 is 2.47 bits per heavy atom. The van der Waals surface area contributed by atoms with Gasteiger partial charge in [-0.3, -0.25) is 4.90 Å². The molecule has 0 saturated carbocycles. The molecular formula is C22H26F3N3O2. The Morgan fingerprint density at radius 2 is 1.83 bits per heavy atom. The fourth-order valence-corrected chi connectivity index (χ4v) is 3.71. The highest BCUT2D eigenvalue weighted by Crippen LogP contribution is 2.25. The van der Waals surface area contributed by atoms with Gasteiger partial charge in [0.15, 0.2) is 0 Å². The van der Waals surface area contributed by atoms with E-state index in [0.717, 1.165) is 26.1 Å². The number of hydrogen-bond donors (Lipinski definition) is 1. The largest absolute Gasteiger partial charge is 0.573 e. The maximum atomic E-state index is 12.7. The first-order chi connectivity index (χ1) is 14.2. The molecule has 0 unspecified atom stereocenters. The third-order valence-corrected chi connectivity index (χ3v) is 5.41. The van der Waals surface area contributed by atoms with Crippen LogP contribution in [0.25, 0.3) is 0 Å². The van der Waals surface area contributed by atoms with Crippen molar-refractivity contribution in [3.05, 3.63) is 60.2 Å². The van der Waals surface area contributed by atoms with Gasteiger partial charge in [-0.1, -0.05) is 37.3 Å². The molecule has 30 heavy (non-hydrogen) atoms. The van der Waals surface area contributed by atoms with Gasteiger partial charge in [-0.25, -0.2) is 4.79 Å². The molecule has 0 radical (unpaired) electrons. The van der Waals surface area contributed by atoms with E-state index in [1.165, 1.54) is 29.8 Å². The summed E-state index contributed by atoms with van der Waals surface area (Å²) < 4.78 is 40.7. The smallest absolute Gasteiger partial charge is 0.406 e. The van der Waals surface area contributed by atoms with E-state index in [1.54, 1.807) is 11.9 Å². The average molecular weight is 421 g/mol. The highest BCUT2D eigenvalue weighted by Gasteiger charge is 2.32. The molecule has 0 bridgehead atoms. The number of anilines is 1. The molecule has 1 heterocycles. The topological polar surface area (TPSA) is 44.8 Å². The molecule has 0 aliphatic carbocycles. The maximum absolute atomic E-state index is 12.7. The highest BCUT2D eigenvalue weighted by atomic mass is 19.4. The number of amides is 2. The molecule has 0 aromatic heterocycles. The summed E-state index contributed by atoms with van der Waals surface area (Å²) in [4.78, 5) is 16.7. The number of benzene rings is 2. The minimum absolute atomic E-state index is 0.0373. The second-order valence-corrected chi connectivity index (χ2v) is 7.67. The Balaban J connectivity index is 1.58. The first kappa shape index (κ1) is 22.0. The number of alkyl halides is 3. The number of ether oxygens (including phenoxy) is 1. The molecule has 2 aromatic rings. The fraction of sp³-hybridized carbons (Fsp3) is 0.409. The van der Waals surface area contributed by atoms with Gasteiger partial charge < -0.3 is 15.0 Å². The number of piperidine rings is 1. The van der Waals surface area contributed by atoms with Crippen LogP contribution in [0.4, 0.5) is 23.7 Å². The van der Waals surface area contributed by atoms with Crippen molar-refractivity contribution in [1.82, 2.24) is 9.80 Å². The third kappa shape index (κ3) is 6.13. The van der Waals surface area contributed by atoms with Crippen LogP contribution in [0.3, 0.4) is 0 Å². The van der Waals surface area contributed by atoms with E-state index >= 15 is 0 Å². The van der Waals surface area contributed by atoms with Crippen molar-refractivity contribution in [2.45, 2.75) is 32.3 Å². The summed E-state index contributed by atoms with van der Waals surface area (Å²) in [7, 11) is 1.75. The zero-order valence-electron chi connectivity index (χ0n) is 17.0. The zero-order chi connectivity index (χ0) is 21.7. The van der Waals surface area contributed by atoms with E-state index < -0.39 is 6.36 Å². The molecule has 2 aromatic carbocycles. The number of hydrogen-bond acceptors (Lipinski definition) is 3. The first-order valence-corrected chi connectivity index (χ1v) is 9.87. The minimum atomic E-state index is -4.74. The minimum Gasteiger partial charge on any atom is -0.406 e. The predicted molar refractivity (Wildman–Crippen MR) is 109 cm³/mol. The summed E-state index contributed by atoms with van der Waals surface area (Å²) >= 11 is 0. The Morgan fingerprint density at radius 1 is 1.17 bits per heavy atom. The van der Waals surface area contributed by atoms with E-state index in [9.17, 15) is 18.0 Å². The summed E-state index contributed by atoms with van der Waals surface area (Å²) in [5.74, 6) is 0.0154. The van der Waals surface area contributed by atoms with Gasteiger partial charge in [0.2, 0.25) is 0 Å². The van der Waals surface area contributed by atoms with Crippen LogP contribution in [0.1, 0.15) is 18.9 Å². The predicted octanol–water partition coefficient (Wildman–Crippen LogP) is 4.96. The SMILES string of the molecule is C[C@@H]1CCN(Cc2ccccc2)C[C@@H]1N(C)C(=O)Nc1ccc(OC(F)(F)F)cc1. The van der Waals surface area contributed by atoms with Crippen molar-refractivity contribution in [1.29, 1.82) is 0 Å². The van der Waals surface area contributed by atoms with Crippen molar-refractivity contribution in [3.8, 4) is 5.75 Å². The summed E-state index contributed by atoms with van der Waals surface area (Å²) in [6.07, 6.45) is -3.76. The van der Waals surface area contributed by atoms with E-state index in [4.69, 9.17) is 0 Å². The van der Waals surface area contributed by atoms with Crippen LogP contribution in [0.5, 0.6) is 5.75 Å². The van der Waals surface area contributed by atoms with E-state index in [0.29, 0.717) is 11.6 Å². The summed E-state index contributed by atoms with van der Waals surface area (Å²) in [5.41, 5.74) is 1.64. The molecule has 5 nitrogen and oxygen atoms in total. The van der Waals surface area contributed by atoms with Crippen LogP contribution in [-0.4, -0.2) is 48.4 Å². The fourth-order valence-electron chi connectivity index (χ4n) is 3.71. The molecular weight excluding hydrogens is 395 g/mol. The number of halogens is 3. The quantitative estimate of drug-likeness (QED) is 0.742. The van der Waals surface area contributed by atoms with Crippen LogP contribution in [-0.2, 0) is 6.54 Å². The Hall–Kier alpha value is -2.74. The van der Waals surface area contributed by atoms with Gasteiger partial charge in [-0.05, 0) is 48.7 Å². The second kappa shape index (κ2) is 9.38. The lowest BCUT2D eigenvalue weighted by atomic mass is 9.92. The van der Waals surface area contributed by atoms with Crippen LogP contribution in [0.15, 0.2) is 54.6 Å².